The Kier molecular flexibility index (Phi) is 2.84. The first-order valence-corrected chi connectivity index (χ1v) is 7.62. The lowest BCUT2D eigenvalue weighted by molar-refractivity contribution is 0.713. The van der Waals surface area contributed by atoms with Gasteiger partial charge >= 0.3 is 0 Å². The first kappa shape index (κ1) is 11.8. The lowest BCUT2D eigenvalue weighted by Crippen LogP contribution is -1.83. The van der Waals surface area contributed by atoms with E-state index in [9.17, 15) is 0 Å². The average Bonchev–Trinajstić information content (AvgIpc) is 3.16. The lowest BCUT2D eigenvalue weighted by Gasteiger charge is -1.92. The molecule has 3 heterocycles. The molecule has 0 fully saturated rings. The summed E-state index contributed by atoms with van der Waals surface area (Å²) >= 11 is 1.83. The van der Waals surface area contributed by atoms with E-state index in [2.05, 4.69) is 36.4 Å². The van der Waals surface area contributed by atoms with Gasteiger partial charge in [0.25, 0.3) is 0 Å². The number of hydrogen-bond acceptors (Lipinski definition) is 5. The van der Waals surface area contributed by atoms with E-state index in [4.69, 9.17) is 0 Å². The summed E-state index contributed by atoms with van der Waals surface area (Å²) in [4.78, 5) is 11.2. The second kappa shape index (κ2) is 4.82. The highest BCUT2D eigenvalue weighted by Gasteiger charge is 2.16. The summed E-state index contributed by atoms with van der Waals surface area (Å²) in [6.07, 6.45) is 7.78. The molecule has 3 aromatic rings. The molecular formula is C13H14N6S. The highest BCUT2D eigenvalue weighted by molar-refractivity contribution is 7.15. The molecule has 0 aromatic carbocycles. The van der Waals surface area contributed by atoms with Crippen molar-refractivity contribution in [2.45, 2.75) is 32.1 Å². The fourth-order valence-corrected chi connectivity index (χ4v) is 3.77. The van der Waals surface area contributed by atoms with E-state index in [1.807, 2.05) is 11.3 Å². The zero-order valence-electron chi connectivity index (χ0n) is 10.9. The standard InChI is InChI=1S/C13H14N6S/c1-2-4-8-6-10(20-9(8)5-3-1)11-16-13(19-18-11)12-14-7-15-17-12/h6-7H,1-5H2,(H,14,15,17)(H,16,18,19). The van der Waals surface area contributed by atoms with E-state index in [0.29, 0.717) is 11.6 Å². The molecule has 1 aliphatic rings. The molecule has 0 unspecified atom stereocenters. The van der Waals surface area contributed by atoms with Gasteiger partial charge in [0.1, 0.15) is 6.33 Å². The third-order valence-corrected chi connectivity index (χ3v) is 4.84. The molecule has 0 atom stereocenters. The van der Waals surface area contributed by atoms with Gasteiger partial charge in [0.2, 0.25) is 5.82 Å². The molecule has 0 saturated carbocycles. The summed E-state index contributed by atoms with van der Waals surface area (Å²) in [6.45, 7) is 0. The van der Waals surface area contributed by atoms with Crippen LogP contribution in [0.25, 0.3) is 22.4 Å². The number of fused-ring (bicyclic) bond motifs is 1. The summed E-state index contributed by atoms with van der Waals surface area (Å²) in [6, 6.07) is 2.26. The quantitative estimate of drug-likeness (QED) is 0.709. The number of H-pyrrole nitrogens is 2. The van der Waals surface area contributed by atoms with Crippen molar-refractivity contribution in [2.24, 2.45) is 0 Å². The largest absolute Gasteiger partial charge is 0.258 e. The Morgan fingerprint density at radius 3 is 2.90 bits per heavy atom. The van der Waals surface area contributed by atoms with Gasteiger partial charge in [-0.15, -0.1) is 16.4 Å². The first-order chi connectivity index (χ1) is 9.90. The van der Waals surface area contributed by atoms with Crippen LogP contribution < -0.4 is 0 Å². The summed E-state index contributed by atoms with van der Waals surface area (Å²) in [5.74, 6) is 1.96. The number of rotatable bonds is 2. The van der Waals surface area contributed by atoms with Crippen LogP contribution in [0.2, 0.25) is 0 Å². The zero-order valence-corrected chi connectivity index (χ0v) is 11.7. The van der Waals surface area contributed by atoms with E-state index >= 15 is 0 Å². The van der Waals surface area contributed by atoms with Crippen LogP contribution in [-0.4, -0.2) is 30.4 Å². The van der Waals surface area contributed by atoms with Crippen molar-refractivity contribution in [3.63, 3.8) is 0 Å². The van der Waals surface area contributed by atoms with Crippen LogP contribution in [0, 0.1) is 0 Å². The van der Waals surface area contributed by atoms with Gasteiger partial charge in [-0.3, -0.25) is 10.2 Å². The molecule has 102 valence electrons. The maximum absolute atomic E-state index is 4.50. The molecule has 0 saturated heterocycles. The second-order valence-corrected chi connectivity index (χ2v) is 6.10. The van der Waals surface area contributed by atoms with Gasteiger partial charge in [0.15, 0.2) is 11.6 Å². The minimum Gasteiger partial charge on any atom is -0.258 e. The molecular weight excluding hydrogens is 272 g/mol. The monoisotopic (exact) mass is 286 g/mol. The molecule has 20 heavy (non-hydrogen) atoms. The van der Waals surface area contributed by atoms with E-state index in [1.165, 1.54) is 48.9 Å². The highest BCUT2D eigenvalue weighted by atomic mass is 32.1. The van der Waals surface area contributed by atoms with E-state index in [-0.39, 0.29) is 0 Å². The van der Waals surface area contributed by atoms with Crippen molar-refractivity contribution in [1.82, 2.24) is 30.4 Å². The molecule has 3 aromatic heterocycles. The Labute approximate surface area is 119 Å². The van der Waals surface area contributed by atoms with Gasteiger partial charge < -0.3 is 0 Å². The van der Waals surface area contributed by atoms with Crippen molar-refractivity contribution in [2.75, 3.05) is 0 Å². The zero-order chi connectivity index (χ0) is 13.4. The molecule has 0 bridgehead atoms. The van der Waals surface area contributed by atoms with Gasteiger partial charge in [-0.1, -0.05) is 6.42 Å². The van der Waals surface area contributed by atoms with Gasteiger partial charge in [-0.05, 0) is 37.3 Å². The van der Waals surface area contributed by atoms with Gasteiger partial charge in [0.05, 0.1) is 4.88 Å². The molecule has 2 N–H and O–H groups in total. The van der Waals surface area contributed by atoms with Crippen molar-refractivity contribution < 1.29 is 0 Å². The average molecular weight is 286 g/mol. The van der Waals surface area contributed by atoms with Gasteiger partial charge in [-0.2, -0.15) is 5.10 Å². The number of aryl methyl sites for hydroxylation is 2. The molecule has 0 aliphatic heterocycles. The predicted octanol–water partition coefficient (Wildman–Crippen LogP) is 2.59. The fourth-order valence-electron chi connectivity index (χ4n) is 2.58. The maximum atomic E-state index is 4.50. The van der Waals surface area contributed by atoms with Crippen LogP contribution in [0.5, 0.6) is 0 Å². The van der Waals surface area contributed by atoms with Crippen LogP contribution in [-0.2, 0) is 12.8 Å². The third-order valence-electron chi connectivity index (χ3n) is 3.59. The molecule has 6 nitrogen and oxygen atoms in total. The van der Waals surface area contributed by atoms with Crippen molar-refractivity contribution >= 4 is 11.3 Å². The molecule has 4 rings (SSSR count). The SMILES string of the molecule is c1n[nH]c(-c2n[nH]c(-c3cc4c(s3)CCCCC4)n2)n1. The molecule has 0 amide bonds. The second-order valence-electron chi connectivity index (χ2n) is 4.96. The summed E-state index contributed by atoms with van der Waals surface area (Å²) in [7, 11) is 0. The predicted molar refractivity (Wildman–Crippen MR) is 76.3 cm³/mol. The highest BCUT2D eigenvalue weighted by Crippen LogP contribution is 2.33. The van der Waals surface area contributed by atoms with Gasteiger partial charge in [-0.25, -0.2) is 9.97 Å². The minimum absolute atomic E-state index is 0.557. The smallest absolute Gasteiger partial charge is 0.218 e. The Hall–Kier alpha value is -2.02. The minimum atomic E-state index is 0.557. The van der Waals surface area contributed by atoms with Crippen LogP contribution in [0.3, 0.4) is 0 Å². The first-order valence-electron chi connectivity index (χ1n) is 6.80. The van der Waals surface area contributed by atoms with Crippen molar-refractivity contribution in [3.05, 3.63) is 22.8 Å². The lowest BCUT2D eigenvalue weighted by atomic mass is 10.1. The number of hydrogen-bond donors (Lipinski definition) is 2. The Bertz CT molecular complexity index is 688. The normalized spacial score (nSPS) is 15.0. The molecule has 0 radical (unpaired) electrons. The van der Waals surface area contributed by atoms with Crippen molar-refractivity contribution in [3.8, 4) is 22.4 Å². The van der Waals surface area contributed by atoms with E-state index in [1.54, 1.807) is 0 Å². The number of aromatic amines is 2. The maximum Gasteiger partial charge on any atom is 0.218 e. The Morgan fingerprint density at radius 2 is 2.00 bits per heavy atom. The van der Waals surface area contributed by atoms with Crippen molar-refractivity contribution in [1.29, 1.82) is 0 Å². The number of nitrogens with one attached hydrogen (secondary N) is 2. The summed E-state index contributed by atoms with van der Waals surface area (Å²) < 4.78 is 0. The summed E-state index contributed by atoms with van der Waals surface area (Å²) in [5, 5.41) is 13.8. The van der Waals surface area contributed by atoms with Gasteiger partial charge in [0, 0.05) is 4.88 Å². The Balaban J connectivity index is 1.68. The number of thiophene rings is 1. The molecule has 7 heteroatoms. The molecule has 1 aliphatic carbocycles. The van der Waals surface area contributed by atoms with Crippen LogP contribution in [0.15, 0.2) is 12.4 Å². The van der Waals surface area contributed by atoms with Crippen LogP contribution in [0.4, 0.5) is 0 Å². The Morgan fingerprint density at radius 1 is 1.05 bits per heavy atom. The number of aromatic nitrogens is 6. The summed E-state index contributed by atoms with van der Waals surface area (Å²) in [5.41, 5.74) is 1.49. The van der Waals surface area contributed by atoms with E-state index < -0.39 is 0 Å². The third kappa shape index (κ3) is 2.03. The van der Waals surface area contributed by atoms with Crippen LogP contribution >= 0.6 is 11.3 Å². The molecule has 0 spiro atoms. The van der Waals surface area contributed by atoms with E-state index in [0.717, 1.165) is 10.7 Å². The fraction of sp³-hybridized carbons (Fsp3) is 0.385. The van der Waals surface area contributed by atoms with Crippen LogP contribution in [0.1, 0.15) is 29.7 Å². The topological polar surface area (TPSA) is 83.1 Å². The number of nitrogens with zero attached hydrogens (tertiary/aromatic N) is 4.